The zero-order valence-corrected chi connectivity index (χ0v) is 12.3. The Kier molecular flexibility index (Phi) is 5.83. The summed E-state index contributed by atoms with van der Waals surface area (Å²) in [4.78, 5) is 5.19. The van der Waals surface area contributed by atoms with Gasteiger partial charge >= 0.3 is 0 Å². The largest absolute Gasteiger partial charge is 0.320 e. The average molecular weight is 261 g/mol. The van der Waals surface area contributed by atoms with Gasteiger partial charge in [0, 0.05) is 38.8 Å². The van der Waals surface area contributed by atoms with Gasteiger partial charge in [-0.05, 0) is 32.5 Å². The van der Waals surface area contributed by atoms with Crippen molar-refractivity contribution < 1.29 is 0 Å². The molecule has 0 bridgehead atoms. The van der Waals surface area contributed by atoms with Gasteiger partial charge in [-0.3, -0.25) is 9.80 Å². The number of nitrogens with zero attached hydrogens (tertiary/aromatic N) is 2. The van der Waals surface area contributed by atoms with E-state index in [9.17, 15) is 0 Å². The Morgan fingerprint density at radius 2 is 1.79 bits per heavy atom. The molecule has 0 spiro atoms. The molecule has 0 aliphatic carbocycles. The van der Waals surface area contributed by atoms with E-state index >= 15 is 0 Å². The molecule has 1 aliphatic heterocycles. The maximum absolute atomic E-state index is 3.24. The van der Waals surface area contributed by atoms with Gasteiger partial charge in [0.05, 0.1) is 0 Å². The van der Waals surface area contributed by atoms with E-state index < -0.39 is 0 Å². The van der Waals surface area contributed by atoms with Crippen LogP contribution in [0.3, 0.4) is 0 Å². The molecular formula is C16H27N3. The molecule has 106 valence electrons. The summed E-state index contributed by atoms with van der Waals surface area (Å²) in [6.45, 7) is 9.36. The summed E-state index contributed by atoms with van der Waals surface area (Å²) in [7, 11) is 2.03. The van der Waals surface area contributed by atoms with Crippen molar-refractivity contribution in [2.75, 3.05) is 39.8 Å². The minimum absolute atomic E-state index is 0.700. The van der Waals surface area contributed by atoms with Crippen LogP contribution in [-0.2, 0) is 6.54 Å². The lowest BCUT2D eigenvalue weighted by molar-refractivity contribution is 0.0947. The highest BCUT2D eigenvalue weighted by molar-refractivity contribution is 5.14. The maximum Gasteiger partial charge on any atom is 0.0234 e. The molecule has 1 unspecified atom stereocenters. The van der Waals surface area contributed by atoms with Crippen LogP contribution in [0.4, 0.5) is 0 Å². The molecule has 0 amide bonds. The van der Waals surface area contributed by atoms with E-state index in [0.29, 0.717) is 6.04 Å². The van der Waals surface area contributed by atoms with E-state index in [-0.39, 0.29) is 0 Å². The lowest BCUT2D eigenvalue weighted by atomic mass is 10.1. The van der Waals surface area contributed by atoms with E-state index in [4.69, 9.17) is 0 Å². The number of hydrogen-bond donors (Lipinski definition) is 1. The van der Waals surface area contributed by atoms with E-state index in [1.165, 1.54) is 38.2 Å². The molecule has 0 saturated carbocycles. The molecule has 1 aromatic carbocycles. The van der Waals surface area contributed by atoms with Gasteiger partial charge < -0.3 is 5.32 Å². The summed E-state index contributed by atoms with van der Waals surface area (Å²) in [6.07, 6.45) is 1.25. The van der Waals surface area contributed by atoms with E-state index in [2.05, 4.69) is 52.4 Å². The van der Waals surface area contributed by atoms with Gasteiger partial charge in [-0.2, -0.15) is 0 Å². The molecule has 3 nitrogen and oxygen atoms in total. The van der Waals surface area contributed by atoms with Crippen LogP contribution < -0.4 is 5.32 Å². The van der Waals surface area contributed by atoms with Crippen molar-refractivity contribution in [2.24, 2.45) is 0 Å². The van der Waals surface area contributed by atoms with Crippen molar-refractivity contribution in [2.45, 2.75) is 25.9 Å². The third-order valence-corrected chi connectivity index (χ3v) is 4.09. The van der Waals surface area contributed by atoms with Gasteiger partial charge in [-0.1, -0.05) is 30.3 Å². The Morgan fingerprint density at radius 3 is 2.42 bits per heavy atom. The van der Waals surface area contributed by atoms with Gasteiger partial charge in [0.1, 0.15) is 0 Å². The van der Waals surface area contributed by atoms with Gasteiger partial charge in [0.15, 0.2) is 0 Å². The first-order chi connectivity index (χ1) is 9.29. The van der Waals surface area contributed by atoms with Gasteiger partial charge in [0.2, 0.25) is 0 Å². The average Bonchev–Trinajstić information content (AvgIpc) is 2.46. The topological polar surface area (TPSA) is 18.5 Å². The van der Waals surface area contributed by atoms with Crippen LogP contribution in [0, 0.1) is 0 Å². The first-order valence-corrected chi connectivity index (χ1v) is 7.44. The summed E-state index contributed by atoms with van der Waals surface area (Å²) >= 11 is 0. The Labute approximate surface area is 117 Å². The van der Waals surface area contributed by atoms with Gasteiger partial charge in [-0.15, -0.1) is 0 Å². The second kappa shape index (κ2) is 7.63. The third-order valence-electron chi connectivity index (χ3n) is 4.09. The van der Waals surface area contributed by atoms with Crippen molar-refractivity contribution in [3.8, 4) is 0 Å². The van der Waals surface area contributed by atoms with Crippen LogP contribution in [0.25, 0.3) is 0 Å². The van der Waals surface area contributed by atoms with Crippen molar-refractivity contribution in [1.82, 2.24) is 15.1 Å². The predicted octanol–water partition coefficient (Wildman–Crippen LogP) is 1.80. The maximum atomic E-state index is 3.24. The van der Waals surface area contributed by atoms with Crippen LogP contribution in [0.2, 0.25) is 0 Å². The quantitative estimate of drug-likeness (QED) is 0.842. The molecule has 1 saturated heterocycles. The molecule has 19 heavy (non-hydrogen) atoms. The summed E-state index contributed by atoms with van der Waals surface area (Å²) in [6, 6.07) is 11.5. The monoisotopic (exact) mass is 261 g/mol. The Balaban J connectivity index is 1.73. The van der Waals surface area contributed by atoms with Crippen molar-refractivity contribution in [3.63, 3.8) is 0 Å². The lowest BCUT2D eigenvalue weighted by Gasteiger charge is -2.38. The highest BCUT2D eigenvalue weighted by atomic mass is 15.3. The molecule has 2 rings (SSSR count). The molecule has 1 N–H and O–H groups in total. The second-order valence-corrected chi connectivity index (χ2v) is 5.54. The fourth-order valence-electron chi connectivity index (χ4n) is 2.74. The van der Waals surface area contributed by atoms with Gasteiger partial charge in [0.25, 0.3) is 0 Å². The third kappa shape index (κ3) is 4.60. The molecule has 1 aromatic rings. The van der Waals surface area contributed by atoms with Crippen molar-refractivity contribution in [1.29, 1.82) is 0 Å². The van der Waals surface area contributed by atoms with Crippen LogP contribution in [-0.4, -0.2) is 55.6 Å². The minimum Gasteiger partial charge on any atom is -0.320 e. The standard InChI is InChI=1S/C16H27N3/c1-15(8-9-17-2)19-12-10-18(11-13-19)14-16-6-4-3-5-7-16/h3-7,15,17H,8-14H2,1-2H3. The molecule has 1 fully saturated rings. The number of benzene rings is 1. The molecule has 3 heteroatoms. The summed E-state index contributed by atoms with van der Waals surface area (Å²) in [5.74, 6) is 0. The summed E-state index contributed by atoms with van der Waals surface area (Å²) in [5, 5.41) is 3.24. The lowest BCUT2D eigenvalue weighted by Crippen LogP contribution is -2.49. The first kappa shape index (κ1) is 14.5. The highest BCUT2D eigenvalue weighted by Gasteiger charge is 2.20. The second-order valence-electron chi connectivity index (χ2n) is 5.54. The first-order valence-electron chi connectivity index (χ1n) is 7.44. The molecular weight excluding hydrogens is 234 g/mol. The summed E-state index contributed by atoms with van der Waals surface area (Å²) in [5.41, 5.74) is 1.43. The zero-order valence-electron chi connectivity index (χ0n) is 12.3. The number of hydrogen-bond acceptors (Lipinski definition) is 3. The predicted molar refractivity (Wildman–Crippen MR) is 81.3 cm³/mol. The van der Waals surface area contributed by atoms with E-state index in [0.717, 1.165) is 13.1 Å². The highest BCUT2D eigenvalue weighted by Crippen LogP contribution is 2.11. The molecule has 0 aromatic heterocycles. The van der Waals surface area contributed by atoms with Crippen LogP contribution in [0.15, 0.2) is 30.3 Å². The molecule has 0 radical (unpaired) electrons. The summed E-state index contributed by atoms with van der Waals surface area (Å²) < 4.78 is 0. The van der Waals surface area contributed by atoms with Crippen molar-refractivity contribution >= 4 is 0 Å². The number of piperazine rings is 1. The Morgan fingerprint density at radius 1 is 1.11 bits per heavy atom. The van der Waals surface area contributed by atoms with E-state index in [1.54, 1.807) is 0 Å². The fourth-order valence-corrected chi connectivity index (χ4v) is 2.74. The van der Waals surface area contributed by atoms with Crippen LogP contribution in [0.5, 0.6) is 0 Å². The molecule has 1 atom stereocenters. The fraction of sp³-hybridized carbons (Fsp3) is 0.625. The smallest absolute Gasteiger partial charge is 0.0234 e. The Bertz CT molecular complexity index is 344. The van der Waals surface area contributed by atoms with E-state index in [1.807, 2.05) is 7.05 Å². The Hall–Kier alpha value is -0.900. The minimum atomic E-state index is 0.700. The van der Waals surface area contributed by atoms with Crippen LogP contribution >= 0.6 is 0 Å². The number of nitrogens with one attached hydrogen (secondary N) is 1. The normalized spacial score (nSPS) is 19.5. The SMILES string of the molecule is CNCCC(C)N1CCN(Cc2ccccc2)CC1. The zero-order chi connectivity index (χ0) is 13.5. The molecule has 1 aliphatic rings. The number of rotatable bonds is 6. The van der Waals surface area contributed by atoms with Gasteiger partial charge in [-0.25, -0.2) is 0 Å². The molecule has 1 heterocycles. The van der Waals surface area contributed by atoms with Crippen molar-refractivity contribution in [3.05, 3.63) is 35.9 Å². The van der Waals surface area contributed by atoms with Crippen LogP contribution in [0.1, 0.15) is 18.9 Å².